The van der Waals surface area contributed by atoms with E-state index in [1.54, 1.807) is 32.0 Å². The highest BCUT2D eigenvalue weighted by molar-refractivity contribution is 5.98. The van der Waals surface area contributed by atoms with Gasteiger partial charge in [-0.2, -0.15) is 28.2 Å². The summed E-state index contributed by atoms with van der Waals surface area (Å²) >= 11 is 0. The minimum atomic E-state index is -4.58. The van der Waals surface area contributed by atoms with Crippen LogP contribution in [0.25, 0.3) is 5.69 Å². The first-order chi connectivity index (χ1) is 16.4. The SMILES string of the molecule is Cc1ccc(-n2nccn2)c(C(=O)N2CC(F)(F)C[C@@H](C)[C@H]2CNc2ncc(C(F)(F)F)cn2)c1. The number of amides is 1. The average molecular weight is 495 g/mol. The zero-order valence-corrected chi connectivity index (χ0v) is 18.8. The van der Waals surface area contributed by atoms with Gasteiger partial charge < -0.3 is 10.2 Å². The highest BCUT2D eigenvalue weighted by Crippen LogP contribution is 2.36. The molecule has 1 aliphatic rings. The smallest absolute Gasteiger partial charge is 0.352 e. The number of aryl methyl sites for hydroxylation is 1. The molecular weight excluding hydrogens is 473 g/mol. The lowest BCUT2D eigenvalue weighted by Crippen LogP contribution is -2.57. The third-order valence-electron chi connectivity index (χ3n) is 5.81. The molecule has 0 aliphatic carbocycles. The number of likely N-dealkylation sites (tertiary alicyclic amines) is 1. The van der Waals surface area contributed by atoms with Crippen LogP contribution in [0, 0.1) is 12.8 Å². The van der Waals surface area contributed by atoms with Crippen molar-refractivity contribution < 1.29 is 26.7 Å². The van der Waals surface area contributed by atoms with E-state index in [9.17, 15) is 26.7 Å². The molecule has 8 nitrogen and oxygen atoms in total. The fraction of sp³-hybridized carbons (Fsp3) is 0.409. The summed E-state index contributed by atoms with van der Waals surface area (Å²) in [6.07, 6.45) is -0.901. The van der Waals surface area contributed by atoms with Crippen LogP contribution in [0.2, 0.25) is 0 Å². The molecule has 1 saturated heterocycles. The number of anilines is 1. The molecule has 13 heteroatoms. The maximum atomic E-state index is 14.6. The molecule has 3 aromatic rings. The molecule has 0 saturated carbocycles. The number of benzene rings is 1. The van der Waals surface area contributed by atoms with Gasteiger partial charge in [0.15, 0.2) is 0 Å². The molecule has 2 atom stereocenters. The Balaban J connectivity index is 1.61. The van der Waals surface area contributed by atoms with Crippen LogP contribution >= 0.6 is 0 Å². The maximum absolute atomic E-state index is 14.6. The largest absolute Gasteiger partial charge is 0.419 e. The Hall–Kier alpha value is -3.64. The van der Waals surface area contributed by atoms with Crippen molar-refractivity contribution in [2.75, 3.05) is 18.4 Å². The lowest BCUT2D eigenvalue weighted by atomic mass is 9.87. The fourth-order valence-corrected chi connectivity index (χ4v) is 4.13. The number of hydrogen-bond acceptors (Lipinski definition) is 6. The van der Waals surface area contributed by atoms with E-state index in [0.29, 0.717) is 18.1 Å². The molecule has 0 unspecified atom stereocenters. The molecule has 1 fully saturated rings. The molecule has 35 heavy (non-hydrogen) atoms. The van der Waals surface area contributed by atoms with Gasteiger partial charge in [0.05, 0.1) is 41.8 Å². The maximum Gasteiger partial charge on any atom is 0.419 e. The quantitative estimate of drug-likeness (QED) is 0.539. The standard InChI is InChI=1S/C22H22F5N7O/c1-13-3-4-17(34-31-5-6-32-34)16(7-13)19(35)33-12-21(23,24)8-14(2)18(33)11-30-20-28-9-15(10-29-20)22(25,26)27/h3-7,9-10,14,18H,8,11-12H2,1-2H3,(H,28,29,30)/t14-,18-/m1/s1. The van der Waals surface area contributed by atoms with Gasteiger partial charge in [0.25, 0.3) is 11.8 Å². The summed E-state index contributed by atoms with van der Waals surface area (Å²) in [5.74, 6) is -4.47. The number of carbonyl (C=O) groups is 1. The van der Waals surface area contributed by atoms with Gasteiger partial charge in [-0.15, -0.1) is 0 Å². The Bertz CT molecular complexity index is 1180. The second kappa shape index (κ2) is 9.19. The summed E-state index contributed by atoms with van der Waals surface area (Å²) < 4.78 is 67.4. The zero-order valence-electron chi connectivity index (χ0n) is 18.8. The van der Waals surface area contributed by atoms with Crippen molar-refractivity contribution in [3.8, 4) is 5.69 Å². The van der Waals surface area contributed by atoms with E-state index in [1.807, 2.05) is 0 Å². The highest BCUT2D eigenvalue weighted by Gasteiger charge is 2.46. The molecule has 186 valence electrons. The molecule has 0 radical (unpaired) electrons. The predicted molar refractivity (Wildman–Crippen MR) is 115 cm³/mol. The summed E-state index contributed by atoms with van der Waals surface area (Å²) in [7, 11) is 0. The number of nitrogens with zero attached hydrogens (tertiary/aromatic N) is 6. The van der Waals surface area contributed by atoms with E-state index < -0.39 is 48.5 Å². The number of piperidine rings is 1. The normalized spacial score (nSPS) is 20.0. The average Bonchev–Trinajstić information content (AvgIpc) is 3.31. The van der Waals surface area contributed by atoms with Crippen molar-refractivity contribution in [3.05, 3.63) is 59.7 Å². The lowest BCUT2D eigenvalue weighted by Gasteiger charge is -2.43. The molecule has 1 aromatic carbocycles. The van der Waals surface area contributed by atoms with Crippen LogP contribution in [0.15, 0.2) is 43.0 Å². The summed E-state index contributed by atoms with van der Waals surface area (Å²) in [6, 6.07) is 4.27. The Morgan fingerprint density at radius 1 is 1.17 bits per heavy atom. The van der Waals surface area contributed by atoms with E-state index in [4.69, 9.17) is 0 Å². The summed E-state index contributed by atoms with van der Waals surface area (Å²) in [4.78, 5) is 23.3. The number of aromatic nitrogens is 5. The second-order valence-electron chi connectivity index (χ2n) is 8.55. The molecule has 2 aromatic heterocycles. The number of nitrogens with one attached hydrogen (secondary N) is 1. The van der Waals surface area contributed by atoms with Crippen LogP contribution in [-0.4, -0.2) is 60.8 Å². The first kappa shape index (κ1) is 24.5. The van der Waals surface area contributed by atoms with Gasteiger partial charge in [-0.25, -0.2) is 18.7 Å². The Morgan fingerprint density at radius 2 is 1.83 bits per heavy atom. The van der Waals surface area contributed by atoms with Crippen molar-refractivity contribution in [2.45, 2.75) is 38.4 Å². The number of hydrogen-bond donors (Lipinski definition) is 1. The van der Waals surface area contributed by atoms with Crippen LogP contribution in [0.3, 0.4) is 0 Å². The van der Waals surface area contributed by atoms with Crippen molar-refractivity contribution in [1.82, 2.24) is 29.9 Å². The van der Waals surface area contributed by atoms with E-state index in [-0.39, 0.29) is 18.1 Å². The Kier molecular flexibility index (Phi) is 6.43. The van der Waals surface area contributed by atoms with E-state index in [1.165, 1.54) is 17.2 Å². The van der Waals surface area contributed by atoms with Crippen molar-refractivity contribution in [3.63, 3.8) is 0 Å². The van der Waals surface area contributed by atoms with Gasteiger partial charge >= 0.3 is 6.18 Å². The molecule has 0 spiro atoms. The van der Waals surface area contributed by atoms with E-state index in [2.05, 4.69) is 25.5 Å². The van der Waals surface area contributed by atoms with Gasteiger partial charge in [-0.1, -0.05) is 18.6 Å². The molecule has 1 amide bonds. The molecule has 1 aliphatic heterocycles. The third-order valence-corrected chi connectivity index (χ3v) is 5.81. The summed E-state index contributed by atoms with van der Waals surface area (Å²) in [5, 5.41) is 10.9. The van der Waals surface area contributed by atoms with E-state index in [0.717, 1.165) is 10.5 Å². The van der Waals surface area contributed by atoms with Gasteiger partial charge in [0.2, 0.25) is 5.95 Å². The van der Waals surface area contributed by atoms with Gasteiger partial charge in [0.1, 0.15) is 0 Å². The zero-order chi connectivity index (χ0) is 25.4. The number of halogens is 5. The molecule has 1 N–H and O–H groups in total. The Labute approximate surface area is 197 Å². The van der Waals surface area contributed by atoms with Gasteiger partial charge in [0, 0.05) is 25.4 Å². The highest BCUT2D eigenvalue weighted by atomic mass is 19.4. The monoisotopic (exact) mass is 495 g/mol. The molecule has 4 rings (SSSR count). The minimum Gasteiger partial charge on any atom is -0.352 e. The minimum absolute atomic E-state index is 0.0322. The van der Waals surface area contributed by atoms with Crippen LogP contribution in [-0.2, 0) is 6.18 Å². The Morgan fingerprint density at radius 3 is 2.46 bits per heavy atom. The predicted octanol–water partition coefficient (Wildman–Crippen LogP) is 3.98. The third kappa shape index (κ3) is 5.38. The van der Waals surface area contributed by atoms with Crippen LogP contribution in [0.5, 0.6) is 0 Å². The molecule has 0 bridgehead atoms. The van der Waals surface area contributed by atoms with Crippen molar-refractivity contribution >= 4 is 11.9 Å². The lowest BCUT2D eigenvalue weighted by molar-refractivity contribution is -0.138. The molecular formula is C22H22F5N7O. The summed E-state index contributed by atoms with van der Waals surface area (Å²) in [5.41, 5.74) is 0.227. The number of alkyl halides is 5. The topological polar surface area (TPSA) is 88.8 Å². The van der Waals surface area contributed by atoms with E-state index >= 15 is 0 Å². The fourth-order valence-electron chi connectivity index (χ4n) is 4.13. The van der Waals surface area contributed by atoms with Gasteiger partial charge in [-0.05, 0) is 25.0 Å². The summed E-state index contributed by atoms with van der Waals surface area (Å²) in [6.45, 7) is 2.52. The number of rotatable bonds is 5. The first-order valence-electron chi connectivity index (χ1n) is 10.7. The van der Waals surface area contributed by atoms with Crippen LogP contribution < -0.4 is 5.32 Å². The van der Waals surface area contributed by atoms with Crippen LogP contribution in [0.1, 0.15) is 34.8 Å². The van der Waals surface area contributed by atoms with Crippen molar-refractivity contribution in [1.29, 1.82) is 0 Å². The number of carbonyl (C=O) groups excluding carboxylic acids is 1. The van der Waals surface area contributed by atoms with Crippen molar-refractivity contribution in [2.24, 2.45) is 5.92 Å². The van der Waals surface area contributed by atoms with Crippen LogP contribution in [0.4, 0.5) is 27.9 Å². The van der Waals surface area contributed by atoms with Gasteiger partial charge in [-0.3, -0.25) is 4.79 Å². The second-order valence-corrected chi connectivity index (χ2v) is 8.55. The first-order valence-corrected chi connectivity index (χ1v) is 10.7. The molecule has 3 heterocycles.